The van der Waals surface area contributed by atoms with E-state index in [-0.39, 0.29) is 23.4 Å². The molecule has 652 valence electrons. The summed E-state index contributed by atoms with van der Waals surface area (Å²) in [5, 5.41) is 22.0. The van der Waals surface area contributed by atoms with Crippen LogP contribution < -0.4 is 58.9 Å². The van der Waals surface area contributed by atoms with Crippen LogP contribution in [0.25, 0.3) is 22.3 Å². The third-order valence-electron chi connectivity index (χ3n) is 23.8. The van der Waals surface area contributed by atoms with Gasteiger partial charge >= 0.3 is 12.2 Å². The number of ether oxygens (including phenoxy) is 2. The number of rotatable bonds is 34. The lowest BCUT2D eigenvalue weighted by Crippen LogP contribution is -2.65. The van der Waals surface area contributed by atoms with E-state index in [0.717, 1.165) is 83.0 Å². The molecule has 28 nitrogen and oxygen atoms in total. The summed E-state index contributed by atoms with van der Waals surface area (Å²) < 4.78 is 13.3. The molecule has 0 spiro atoms. The molecule has 0 saturated heterocycles. The van der Waals surface area contributed by atoms with Gasteiger partial charge in [-0.1, -0.05) is 220 Å². The Kier molecular flexibility index (Phi) is 30.5. The van der Waals surface area contributed by atoms with E-state index in [4.69, 9.17) is 38.8 Å². The van der Waals surface area contributed by atoms with Gasteiger partial charge in [-0.15, -0.1) is 0 Å². The molecule has 11 rings (SSSR count). The van der Waals surface area contributed by atoms with Crippen molar-refractivity contribution in [2.75, 3.05) is 25.5 Å². The largest absolute Gasteiger partial charge is 0.448 e. The second-order valence-electron chi connectivity index (χ2n) is 33.5. The van der Waals surface area contributed by atoms with Crippen molar-refractivity contribution in [3.05, 3.63) is 198 Å². The number of nitrogens with one attached hydrogen (secondary N) is 9. The molecular formula is C91H111N13O15P2S2. The lowest BCUT2D eigenvalue weighted by atomic mass is 9.98. The molecule has 32 heteroatoms. The highest BCUT2D eigenvalue weighted by Gasteiger charge is 2.53. The van der Waals surface area contributed by atoms with Crippen molar-refractivity contribution in [2.45, 2.75) is 222 Å². The predicted octanol–water partition coefficient (Wildman–Crippen LogP) is 8.82. The van der Waals surface area contributed by atoms with Crippen LogP contribution in [0.5, 0.6) is 0 Å². The molecule has 8 atom stereocenters. The van der Waals surface area contributed by atoms with Gasteiger partial charge in [0, 0.05) is 49.7 Å². The van der Waals surface area contributed by atoms with Crippen LogP contribution in [0.15, 0.2) is 170 Å². The van der Waals surface area contributed by atoms with Crippen LogP contribution in [0.2, 0.25) is 0 Å². The Hall–Kier alpha value is -11.1. The highest BCUT2D eigenvalue weighted by atomic mass is 32.4. The maximum absolute atomic E-state index is 18.3. The van der Waals surface area contributed by atoms with Crippen molar-refractivity contribution >= 4 is 123 Å². The van der Waals surface area contributed by atoms with E-state index in [1.165, 1.54) is 81.8 Å². The van der Waals surface area contributed by atoms with Gasteiger partial charge in [-0.05, 0) is 160 Å². The maximum Gasteiger partial charge on any atom is 0.417 e. The van der Waals surface area contributed by atoms with Gasteiger partial charge in [0.15, 0.2) is 0 Å². The number of hydrogen-bond acceptors (Lipinski definition) is 18. The Labute approximate surface area is 727 Å². The molecule has 0 radical (unpaired) electrons. The number of aromatic amines is 1. The lowest BCUT2D eigenvalue weighted by Gasteiger charge is -2.45. The molecule has 1 heterocycles. The van der Waals surface area contributed by atoms with Gasteiger partial charge in [-0.2, -0.15) is 0 Å². The van der Waals surface area contributed by atoms with Gasteiger partial charge in [0.05, 0.1) is 12.0 Å². The lowest BCUT2D eigenvalue weighted by molar-refractivity contribution is -0.147. The SMILES string of the molecule is CC(=O)N[C@@H](C)C(=O)NC(C)(C)C(=O)N[C@@H](C)C(=O)N[C@@H](Cc1c[nH]cn1)C(=O)N[C@@H](C)C(=O)N(C(=O)OCC1c2ccccc2-c2ccccc21)[C@@H](CP(=S)(C1CCCCC1)C1CCCCC1)C(=O)N(C(=O)OCC1c2ccccc2-c2ccccc21)[C@@H](CP(=S)(c1ccccc1)c1ccccc1)C(=O)N[C@@H](C)C(=O)NC(C)(C)C(=O)N[C@@H](C)C(N)=O. The van der Waals surface area contributed by atoms with E-state index in [0.29, 0.717) is 46.1 Å². The Morgan fingerprint density at radius 3 is 1.27 bits per heavy atom. The van der Waals surface area contributed by atoms with Crippen LogP contribution in [-0.2, 0) is 92.2 Å². The van der Waals surface area contributed by atoms with Gasteiger partial charge in [-0.25, -0.2) is 24.4 Å². The zero-order valence-corrected chi connectivity index (χ0v) is 74.4. The van der Waals surface area contributed by atoms with E-state index < -0.39 is 186 Å². The summed E-state index contributed by atoms with van der Waals surface area (Å²) in [5.74, 6) is -11.6. The average Bonchev–Trinajstić information content (AvgIpc) is 1.29. The number of aromatic nitrogens is 2. The molecule has 0 bridgehead atoms. The van der Waals surface area contributed by atoms with Crippen molar-refractivity contribution in [3.8, 4) is 22.3 Å². The maximum atomic E-state index is 18.3. The number of amides is 13. The summed E-state index contributed by atoms with van der Waals surface area (Å²) >= 11 is 14.4. The first kappa shape index (κ1) is 92.7. The van der Waals surface area contributed by atoms with Crippen molar-refractivity contribution in [3.63, 3.8) is 0 Å². The number of nitrogens with two attached hydrogens (primary N) is 1. The first-order chi connectivity index (χ1) is 58.5. The third-order valence-corrected chi connectivity index (χ3v) is 35.3. The fraction of sp³-hybridized carbons (Fsp3) is 0.429. The standard InChI is InChI=1S/C91H111N13O15P2S2/c1-54(78(92)106)98-86(114)90(7,8)102-81(109)57(4)96-83(111)76(51-120(122,61-31-15-11-16-32-61)62-33-17-12-18-34-62)103(88(116)118-49-73-69-43-27-23-39-65(69)66-40-24-28-44-70(66)73)85(113)77(52-121(123,63-35-19-13-20-36-63)64-37-21-14-22-38-64)104(89(117)119-50-74-71-45-29-25-41-67(71)68-42-26-30-46-72(68)74)84(112)58(5)97-82(110)75(47-60-48-93-53-94-60)100-79(107)55(2)99-87(115)91(9,10)101-80(108)56(3)95-59(6)105/h11-12,15-18,23-34,39-46,48,53-58,63-64,73-77H,13-14,19-22,35-38,47,49-52H2,1-10H3,(H2,92,106)(H,93,94)(H,95,105)(H,96,111)(H,97,110)(H,98,114)(H,99,115)(H,100,107)(H,101,108)(H,102,109)/t54-,55-,56-,57-,58-,75-,76-,77-/m0/s1. The molecule has 6 aromatic carbocycles. The second-order valence-corrected chi connectivity index (χ2v) is 43.8. The number of carbonyl (C=O) groups is 13. The number of fused-ring (bicyclic) bond motifs is 6. The smallest absolute Gasteiger partial charge is 0.417 e. The van der Waals surface area contributed by atoms with E-state index in [9.17, 15) is 33.6 Å². The number of H-pyrrole nitrogens is 1. The summed E-state index contributed by atoms with van der Waals surface area (Å²) in [4.78, 5) is 204. The van der Waals surface area contributed by atoms with Gasteiger partial charge in [0.2, 0.25) is 53.2 Å². The number of hydrogen-bond donors (Lipinski definition) is 10. The highest BCUT2D eigenvalue weighted by molar-refractivity contribution is 8.22. The highest BCUT2D eigenvalue weighted by Crippen LogP contribution is 2.64. The number of imidazole rings is 1. The number of carbonyl (C=O) groups excluding carboxylic acids is 13. The van der Waals surface area contributed by atoms with Gasteiger partial charge < -0.3 is 62.7 Å². The van der Waals surface area contributed by atoms with Crippen LogP contribution in [0.1, 0.15) is 173 Å². The van der Waals surface area contributed by atoms with Gasteiger partial charge in [0.25, 0.3) is 11.8 Å². The van der Waals surface area contributed by atoms with Crippen LogP contribution in [0.4, 0.5) is 9.59 Å². The minimum Gasteiger partial charge on any atom is -0.448 e. The molecule has 0 unspecified atom stereocenters. The zero-order valence-electron chi connectivity index (χ0n) is 71.0. The number of nitrogens with zero attached hydrogens (tertiary/aromatic N) is 3. The molecule has 7 aromatic rings. The number of imide groups is 2. The molecule has 13 amide bonds. The fourth-order valence-corrected chi connectivity index (χ4v) is 27.1. The number of benzene rings is 6. The molecule has 4 aliphatic rings. The summed E-state index contributed by atoms with van der Waals surface area (Å²) in [7, 11) is 0. The first-order valence-electron chi connectivity index (χ1n) is 41.9. The molecule has 2 saturated carbocycles. The molecule has 2 fully saturated rings. The number of primary amides is 1. The van der Waals surface area contributed by atoms with Crippen molar-refractivity contribution in [2.24, 2.45) is 5.73 Å². The molecular weight excluding hydrogens is 1640 g/mol. The Morgan fingerprint density at radius 1 is 0.463 bits per heavy atom. The summed E-state index contributed by atoms with van der Waals surface area (Å²) in [6.07, 6.45) is 5.97. The molecule has 0 aliphatic heterocycles. The summed E-state index contributed by atoms with van der Waals surface area (Å²) in [6, 6.07) is 28.0. The average molecular weight is 1750 g/mol. The Bertz CT molecular complexity index is 5040. The predicted molar refractivity (Wildman–Crippen MR) is 477 cm³/mol. The van der Waals surface area contributed by atoms with Crippen LogP contribution >= 0.6 is 12.1 Å². The second kappa shape index (κ2) is 40.5. The summed E-state index contributed by atoms with van der Waals surface area (Å²) in [6.45, 7) is 12.6. The normalized spacial score (nSPS) is 16.2. The molecule has 4 aliphatic carbocycles. The Balaban J connectivity index is 1.08. The van der Waals surface area contributed by atoms with Gasteiger partial charge in [-0.3, -0.25) is 52.7 Å². The topological polar surface area (TPSA) is 398 Å². The van der Waals surface area contributed by atoms with Crippen molar-refractivity contribution in [1.82, 2.24) is 62.3 Å². The molecule has 123 heavy (non-hydrogen) atoms. The summed E-state index contributed by atoms with van der Waals surface area (Å²) in [5.41, 5.74) is 8.37. The molecule has 1 aromatic heterocycles. The van der Waals surface area contributed by atoms with E-state index in [2.05, 4.69) is 52.5 Å². The van der Waals surface area contributed by atoms with E-state index in [1.54, 1.807) is 60.7 Å². The van der Waals surface area contributed by atoms with Crippen molar-refractivity contribution in [1.29, 1.82) is 0 Å². The minimum absolute atomic E-state index is 0.243. The fourth-order valence-electron chi connectivity index (χ4n) is 16.9. The monoisotopic (exact) mass is 1750 g/mol. The quantitative estimate of drug-likeness (QED) is 0.0168. The van der Waals surface area contributed by atoms with Gasteiger partial charge in [0.1, 0.15) is 72.6 Å². The van der Waals surface area contributed by atoms with Crippen LogP contribution in [-0.4, -0.2) is 193 Å². The van der Waals surface area contributed by atoms with Crippen LogP contribution in [0.3, 0.4) is 0 Å². The zero-order chi connectivity index (χ0) is 88.8. The first-order valence-corrected chi connectivity index (χ1v) is 48.0. The van der Waals surface area contributed by atoms with E-state index >= 15 is 28.8 Å². The Morgan fingerprint density at radius 2 is 0.854 bits per heavy atom. The van der Waals surface area contributed by atoms with Crippen molar-refractivity contribution < 1.29 is 71.8 Å². The van der Waals surface area contributed by atoms with Crippen LogP contribution in [0, 0.1) is 0 Å². The van der Waals surface area contributed by atoms with E-state index in [1.807, 2.05) is 97.1 Å². The molecule has 11 N–H and O–H groups in total. The minimum atomic E-state index is -3.63. The third kappa shape index (κ3) is 21.8.